The number of halogens is 1. The molecule has 0 saturated heterocycles. The first-order valence-electron chi connectivity index (χ1n) is 4.94. The van der Waals surface area contributed by atoms with Crippen LogP contribution < -0.4 is 0 Å². The molecular formula is C12H10ClNO2. The molecule has 1 heterocycles. The molecule has 0 spiro atoms. The molecule has 2 aromatic rings. The summed E-state index contributed by atoms with van der Waals surface area (Å²) in [5, 5.41) is 10.9. The highest BCUT2D eigenvalue weighted by atomic mass is 35.5. The minimum absolute atomic E-state index is 0.0470. The molecule has 1 N–H and O–H groups in total. The normalized spacial score (nSPS) is 10.6. The maximum atomic E-state index is 11.5. The lowest BCUT2D eigenvalue weighted by Gasteiger charge is -2.05. The van der Waals surface area contributed by atoms with Crippen LogP contribution in [-0.4, -0.2) is 15.9 Å². The zero-order chi connectivity index (χ0) is 11.7. The average Bonchev–Trinajstić information content (AvgIpc) is 2.29. The highest BCUT2D eigenvalue weighted by Crippen LogP contribution is 2.29. The van der Waals surface area contributed by atoms with Gasteiger partial charge in [-0.25, -0.2) is 0 Å². The Labute approximate surface area is 97.7 Å². The summed E-state index contributed by atoms with van der Waals surface area (Å²) in [6.45, 7) is 1.75. The van der Waals surface area contributed by atoms with E-state index in [1.807, 2.05) is 0 Å². The Morgan fingerprint density at radius 2 is 2.25 bits per heavy atom. The van der Waals surface area contributed by atoms with E-state index in [0.29, 0.717) is 27.9 Å². The second-order valence-corrected chi connectivity index (χ2v) is 3.86. The lowest BCUT2D eigenvalue weighted by Crippen LogP contribution is -1.97. The lowest BCUT2D eigenvalue weighted by atomic mass is 10.0. The van der Waals surface area contributed by atoms with Crippen molar-refractivity contribution >= 4 is 28.3 Å². The maximum Gasteiger partial charge on any atom is 0.166 e. The molecule has 0 amide bonds. The summed E-state index contributed by atoms with van der Waals surface area (Å²) < 4.78 is 0. The Morgan fingerprint density at radius 1 is 1.50 bits per heavy atom. The molecule has 0 atom stereocenters. The van der Waals surface area contributed by atoms with Gasteiger partial charge in [-0.3, -0.25) is 9.78 Å². The molecule has 82 valence electrons. The summed E-state index contributed by atoms with van der Waals surface area (Å²) in [4.78, 5) is 15.7. The van der Waals surface area contributed by atoms with Gasteiger partial charge in [0.2, 0.25) is 0 Å². The molecule has 0 saturated carbocycles. The van der Waals surface area contributed by atoms with Crippen LogP contribution in [-0.2, 0) is 0 Å². The van der Waals surface area contributed by atoms with E-state index in [9.17, 15) is 9.90 Å². The Morgan fingerprint density at radius 3 is 2.94 bits per heavy atom. The molecular weight excluding hydrogens is 226 g/mol. The van der Waals surface area contributed by atoms with E-state index in [0.717, 1.165) is 0 Å². The van der Waals surface area contributed by atoms with Gasteiger partial charge in [-0.15, -0.1) is 0 Å². The van der Waals surface area contributed by atoms with Crippen molar-refractivity contribution in [1.82, 2.24) is 4.98 Å². The van der Waals surface area contributed by atoms with E-state index >= 15 is 0 Å². The molecule has 2 rings (SSSR count). The zero-order valence-electron chi connectivity index (χ0n) is 8.70. The maximum absolute atomic E-state index is 11.5. The van der Waals surface area contributed by atoms with E-state index in [4.69, 9.17) is 11.6 Å². The molecule has 0 aliphatic heterocycles. The van der Waals surface area contributed by atoms with Gasteiger partial charge < -0.3 is 5.11 Å². The molecule has 0 aliphatic carbocycles. The smallest absolute Gasteiger partial charge is 0.166 e. The average molecular weight is 236 g/mol. The Kier molecular flexibility index (Phi) is 2.79. The van der Waals surface area contributed by atoms with Crippen LogP contribution in [0, 0.1) is 0 Å². The molecule has 1 aromatic carbocycles. The minimum atomic E-state index is -0.110. The van der Waals surface area contributed by atoms with Crippen LogP contribution in [0.5, 0.6) is 5.75 Å². The SMILES string of the molecule is CCC(=O)c1cc2nccc(Cl)c2cc1O. The largest absolute Gasteiger partial charge is 0.507 e. The fourth-order valence-electron chi connectivity index (χ4n) is 1.56. The zero-order valence-corrected chi connectivity index (χ0v) is 9.45. The van der Waals surface area contributed by atoms with Gasteiger partial charge in [0, 0.05) is 18.0 Å². The minimum Gasteiger partial charge on any atom is -0.507 e. The van der Waals surface area contributed by atoms with Crippen LogP contribution in [0.3, 0.4) is 0 Å². The first kappa shape index (κ1) is 10.9. The van der Waals surface area contributed by atoms with Crippen molar-refractivity contribution in [1.29, 1.82) is 0 Å². The second kappa shape index (κ2) is 4.10. The second-order valence-electron chi connectivity index (χ2n) is 3.46. The highest BCUT2D eigenvalue weighted by Gasteiger charge is 2.12. The van der Waals surface area contributed by atoms with E-state index in [1.54, 1.807) is 25.3 Å². The molecule has 0 fully saturated rings. The van der Waals surface area contributed by atoms with Crippen molar-refractivity contribution in [3.8, 4) is 5.75 Å². The van der Waals surface area contributed by atoms with E-state index in [-0.39, 0.29) is 11.5 Å². The number of aromatic hydroxyl groups is 1. The number of hydrogen-bond acceptors (Lipinski definition) is 3. The summed E-state index contributed by atoms with van der Waals surface area (Å²) in [7, 11) is 0. The summed E-state index contributed by atoms with van der Waals surface area (Å²) in [6, 6.07) is 4.70. The number of phenols is 1. The van der Waals surface area contributed by atoms with Gasteiger partial charge in [0.05, 0.1) is 16.1 Å². The highest BCUT2D eigenvalue weighted by molar-refractivity contribution is 6.35. The van der Waals surface area contributed by atoms with Gasteiger partial charge in [-0.05, 0) is 18.2 Å². The summed E-state index contributed by atoms with van der Waals surface area (Å²) >= 11 is 5.96. The van der Waals surface area contributed by atoms with Crippen LogP contribution in [0.15, 0.2) is 24.4 Å². The number of benzene rings is 1. The Hall–Kier alpha value is -1.61. The molecule has 0 radical (unpaired) electrons. The number of carbonyl (C=O) groups excluding carboxylic acids is 1. The van der Waals surface area contributed by atoms with Crippen LogP contribution in [0.1, 0.15) is 23.7 Å². The Bertz CT molecular complexity index is 566. The van der Waals surface area contributed by atoms with E-state index in [2.05, 4.69) is 4.98 Å². The summed E-state index contributed by atoms with van der Waals surface area (Å²) in [5.41, 5.74) is 0.909. The van der Waals surface area contributed by atoms with Gasteiger partial charge in [0.1, 0.15) is 5.75 Å². The van der Waals surface area contributed by atoms with Crippen molar-refractivity contribution in [3.05, 3.63) is 35.0 Å². The summed E-state index contributed by atoms with van der Waals surface area (Å²) in [6.07, 6.45) is 1.92. The lowest BCUT2D eigenvalue weighted by molar-refractivity contribution is 0.0985. The molecule has 0 aliphatic rings. The number of ketones is 1. The first-order chi connectivity index (χ1) is 7.63. The van der Waals surface area contributed by atoms with Gasteiger partial charge in [-0.1, -0.05) is 18.5 Å². The molecule has 16 heavy (non-hydrogen) atoms. The third-order valence-corrected chi connectivity index (χ3v) is 2.76. The van der Waals surface area contributed by atoms with Crippen LogP contribution in [0.4, 0.5) is 0 Å². The van der Waals surface area contributed by atoms with Gasteiger partial charge in [0.25, 0.3) is 0 Å². The number of fused-ring (bicyclic) bond motifs is 1. The van der Waals surface area contributed by atoms with Gasteiger partial charge >= 0.3 is 0 Å². The van der Waals surface area contributed by atoms with Crippen LogP contribution >= 0.6 is 11.6 Å². The Balaban J connectivity index is 2.72. The first-order valence-corrected chi connectivity index (χ1v) is 5.31. The van der Waals surface area contributed by atoms with Crippen LogP contribution in [0.2, 0.25) is 5.02 Å². The summed E-state index contributed by atoms with van der Waals surface area (Å²) in [5.74, 6) is -0.157. The monoisotopic (exact) mass is 235 g/mol. The van der Waals surface area contributed by atoms with Crippen molar-refractivity contribution in [2.75, 3.05) is 0 Å². The molecule has 1 aromatic heterocycles. The predicted octanol–water partition coefficient (Wildman–Crippen LogP) is 3.19. The number of pyridine rings is 1. The third kappa shape index (κ3) is 1.74. The van der Waals surface area contributed by atoms with E-state index in [1.165, 1.54) is 6.07 Å². The topological polar surface area (TPSA) is 50.2 Å². The molecule has 3 nitrogen and oxygen atoms in total. The number of phenolic OH excluding ortho intramolecular Hbond substituents is 1. The molecule has 0 unspecified atom stereocenters. The number of hydrogen-bond donors (Lipinski definition) is 1. The van der Waals surface area contributed by atoms with Crippen molar-refractivity contribution in [3.63, 3.8) is 0 Å². The number of Topliss-reactive ketones (excluding diaryl/α,β-unsaturated/α-hetero) is 1. The molecule has 4 heteroatoms. The van der Waals surface area contributed by atoms with Crippen molar-refractivity contribution in [2.24, 2.45) is 0 Å². The van der Waals surface area contributed by atoms with Crippen LogP contribution in [0.25, 0.3) is 10.9 Å². The standard InChI is InChI=1S/C12H10ClNO2/c1-2-11(15)8-5-10-7(6-12(8)16)9(13)3-4-14-10/h3-6,16H,2H2,1H3. The number of nitrogens with zero attached hydrogens (tertiary/aromatic N) is 1. The van der Waals surface area contributed by atoms with Crippen molar-refractivity contribution in [2.45, 2.75) is 13.3 Å². The fourth-order valence-corrected chi connectivity index (χ4v) is 1.77. The van der Waals surface area contributed by atoms with Gasteiger partial charge in [0.15, 0.2) is 5.78 Å². The van der Waals surface area contributed by atoms with Gasteiger partial charge in [-0.2, -0.15) is 0 Å². The number of carbonyl (C=O) groups is 1. The number of rotatable bonds is 2. The predicted molar refractivity (Wildman–Crippen MR) is 63.0 cm³/mol. The number of aromatic nitrogens is 1. The van der Waals surface area contributed by atoms with E-state index < -0.39 is 0 Å². The third-order valence-electron chi connectivity index (χ3n) is 2.43. The van der Waals surface area contributed by atoms with Crippen molar-refractivity contribution < 1.29 is 9.90 Å². The quantitative estimate of drug-likeness (QED) is 0.814. The fraction of sp³-hybridized carbons (Fsp3) is 0.167. The molecule has 0 bridgehead atoms.